The minimum Gasteiger partial charge on any atom is -0.493 e. The first-order chi connectivity index (χ1) is 12.9. The first-order valence-corrected chi connectivity index (χ1v) is 8.44. The monoisotopic (exact) mass is 376 g/mol. The number of halogens is 1. The SMILES string of the molecule is CCOc1cc(C(=O)N(CC)Cc2cccc(F)c2)c([N+](=O)[O-])cc1OC. The first kappa shape index (κ1) is 20.2. The van der Waals surface area contributed by atoms with E-state index in [0.29, 0.717) is 18.7 Å². The van der Waals surface area contributed by atoms with Gasteiger partial charge in [-0.05, 0) is 31.5 Å². The summed E-state index contributed by atoms with van der Waals surface area (Å²) in [6.45, 7) is 4.23. The molecule has 2 rings (SSSR count). The van der Waals surface area contributed by atoms with E-state index in [2.05, 4.69) is 0 Å². The van der Waals surface area contributed by atoms with Gasteiger partial charge in [0.15, 0.2) is 11.5 Å². The van der Waals surface area contributed by atoms with E-state index in [1.54, 1.807) is 26.0 Å². The van der Waals surface area contributed by atoms with Crippen molar-refractivity contribution in [1.82, 2.24) is 4.90 Å². The summed E-state index contributed by atoms with van der Waals surface area (Å²) in [5.41, 5.74) is 0.104. The van der Waals surface area contributed by atoms with Crippen molar-refractivity contribution in [3.63, 3.8) is 0 Å². The third-order valence-corrected chi connectivity index (χ3v) is 3.94. The van der Waals surface area contributed by atoms with Crippen LogP contribution < -0.4 is 9.47 Å². The zero-order valence-electron chi connectivity index (χ0n) is 15.4. The number of nitro groups is 1. The molecule has 7 nitrogen and oxygen atoms in total. The quantitative estimate of drug-likeness (QED) is 0.517. The summed E-state index contributed by atoms with van der Waals surface area (Å²) in [5, 5.41) is 11.5. The lowest BCUT2D eigenvalue weighted by molar-refractivity contribution is -0.385. The van der Waals surface area contributed by atoms with Crippen molar-refractivity contribution in [1.29, 1.82) is 0 Å². The van der Waals surface area contributed by atoms with Crippen LogP contribution in [0.5, 0.6) is 11.5 Å². The van der Waals surface area contributed by atoms with Gasteiger partial charge in [-0.2, -0.15) is 0 Å². The number of rotatable bonds is 8. The molecule has 2 aromatic carbocycles. The Bertz CT molecular complexity index is 841. The molecule has 0 radical (unpaired) electrons. The Kier molecular flexibility index (Phi) is 6.70. The van der Waals surface area contributed by atoms with Gasteiger partial charge in [0.2, 0.25) is 0 Å². The Morgan fingerprint density at radius 2 is 1.96 bits per heavy atom. The maximum Gasteiger partial charge on any atom is 0.286 e. The minimum absolute atomic E-state index is 0.109. The third-order valence-electron chi connectivity index (χ3n) is 3.94. The molecule has 27 heavy (non-hydrogen) atoms. The Morgan fingerprint density at radius 1 is 1.22 bits per heavy atom. The van der Waals surface area contributed by atoms with E-state index in [-0.39, 0.29) is 29.3 Å². The Balaban J connectivity index is 2.44. The maximum absolute atomic E-state index is 13.4. The van der Waals surface area contributed by atoms with E-state index in [1.807, 2.05) is 0 Å². The minimum atomic E-state index is -0.637. The van der Waals surface area contributed by atoms with Crippen LogP contribution in [0.4, 0.5) is 10.1 Å². The second-order valence-corrected chi connectivity index (χ2v) is 5.66. The molecular weight excluding hydrogens is 355 g/mol. The van der Waals surface area contributed by atoms with Crippen molar-refractivity contribution >= 4 is 11.6 Å². The van der Waals surface area contributed by atoms with E-state index in [9.17, 15) is 19.3 Å². The zero-order valence-corrected chi connectivity index (χ0v) is 15.4. The Labute approximate surface area is 156 Å². The topological polar surface area (TPSA) is 81.9 Å². The number of nitrogens with zero attached hydrogens (tertiary/aromatic N) is 2. The lowest BCUT2D eigenvalue weighted by Gasteiger charge is -2.22. The van der Waals surface area contributed by atoms with Crippen molar-refractivity contribution in [3.05, 3.63) is 63.5 Å². The summed E-state index contributed by atoms with van der Waals surface area (Å²) >= 11 is 0. The molecule has 0 heterocycles. The van der Waals surface area contributed by atoms with Crippen LogP contribution >= 0.6 is 0 Å². The Hall–Kier alpha value is -3.16. The van der Waals surface area contributed by atoms with Gasteiger partial charge in [0.05, 0.1) is 24.7 Å². The van der Waals surface area contributed by atoms with Crippen LogP contribution in [0.3, 0.4) is 0 Å². The lowest BCUT2D eigenvalue weighted by atomic mass is 10.1. The van der Waals surface area contributed by atoms with E-state index in [0.717, 1.165) is 0 Å². The molecule has 0 unspecified atom stereocenters. The molecule has 0 aliphatic heterocycles. The zero-order chi connectivity index (χ0) is 20.0. The Morgan fingerprint density at radius 3 is 2.52 bits per heavy atom. The molecule has 2 aromatic rings. The number of amides is 1. The molecule has 0 spiro atoms. The van der Waals surface area contributed by atoms with Gasteiger partial charge >= 0.3 is 0 Å². The lowest BCUT2D eigenvalue weighted by Crippen LogP contribution is -2.31. The number of carbonyl (C=O) groups excluding carboxylic acids is 1. The van der Waals surface area contributed by atoms with Crippen molar-refractivity contribution in [2.75, 3.05) is 20.3 Å². The van der Waals surface area contributed by atoms with E-state index in [4.69, 9.17) is 9.47 Å². The van der Waals surface area contributed by atoms with Crippen molar-refractivity contribution in [3.8, 4) is 11.5 Å². The number of benzene rings is 2. The number of hydrogen-bond acceptors (Lipinski definition) is 5. The van der Waals surface area contributed by atoms with Crippen LogP contribution in [0.15, 0.2) is 36.4 Å². The van der Waals surface area contributed by atoms with Crippen LogP contribution in [0.25, 0.3) is 0 Å². The molecule has 1 amide bonds. The molecule has 0 bridgehead atoms. The largest absolute Gasteiger partial charge is 0.493 e. The van der Waals surface area contributed by atoms with Crippen LogP contribution in [0.2, 0.25) is 0 Å². The number of carbonyl (C=O) groups is 1. The summed E-state index contributed by atoms with van der Waals surface area (Å²) in [5.74, 6) is -0.536. The van der Waals surface area contributed by atoms with Gasteiger partial charge in [-0.25, -0.2) is 4.39 Å². The maximum atomic E-state index is 13.4. The molecule has 0 aliphatic rings. The smallest absolute Gasteiger partial charge is 0.286 e. The molecule has 0 N–H and O–H groups in total. The van der Waals surface area contributed by atoms with Gasteiger partial charge in [0.1, 0.15) is 11.4 Å². The molecule has 8 heteroatoms. The fraction of sp³-hybridized carbons (Fsp3) is 0.316. The van der Waals surface area contributed by atoms with Crippen molar-refractivity contribution in [2.24, 2.45) is 0 Å². The fourth-order valence-electron chi connectivity index (χ4n) is 2.65. The molecule has 144 valence electrons. The van der Waals surface area contributed by atoms with Gasteiger partial charge in [0, 0.05) is 19.2 Å². The van der Waals surface area contributed by atoms with Crippen molar-refractivity contribution < 1.29 is 23.6 Å². The average molecular weight is 376 g/mol. The average Bonchev–Trinajstić information content (AvgIpc) is 2.65. The van der Waals surface area contributed by atoms with E-state index < -0.39 is 16.6 Å². The molecule has 0 fully saturated rings. The molecule has 0 atom stereocenters. The van der Waals surface area contributed by atoms with E-state index >= 15 is 0 Å². The van der Waals surface area contributed by atoms with Crippen LogP contribution in [0.1, 0.15) is 29.8 Å². The predicted molar refractivity (Wildman–Crippen MR) is 97.6 cm³/mol. The molecule has 0 aliphatic carbocycles. The van der Waals surface area contributed by atoms with Crippen LogP contribution in [0, 0.1) is 15.9 Å². The highest BCUT2D eigenvalue weighted by Gasteiger charge is 2.27. The summed E-state index contributed by atoms with van der Waals surface area (Å²) in [6.07, 6.45) is 0. The second kappa shape index (κ2) is 8.98. The molecule has 0 saturated heterocycles. The predicted octanol–water partition coefficient (Wildman–Crippen LogP) is 3.80. The summed E-state index contributed by atoms with van der Waals surface area (Å²) < 4.78 is 24.0. The number of methoxy groups -OCH3 is 1. The highest BCUT2D eigenvalue weighted by atomic mass is 19.1. The number of hydrogen-bond donors (Lipinski definition) is 0. The third kappa shape index (κ3) is 4.72. The number of ether oxygens (including phenoxy) is 2. The van der Waals surface area contributed by atoms with Gasteiger partial charge < -0.3 is 14.4 Å². The van der Waals surface area contributed by atoms with Crippen LogP contribution in [-0.4, -0.2) is 36.0 Å². The molecular formula is C19H21FN2O5. The van der Waals surface area contributed by atoms with Gasteiger partial charge in [-0.15, -0.1) is 0 Å². The summed E-state index contributed by atoms with van der Waals surface area (Å²) in [7, 11) is 1.37. The highest BCUT2D eigenvalue weighted by molar-refractivity contribution is 5.99. The van der Waals surface area contributed by atoms with Crippen LogP contribution in [-0.2, 0) is 6.54 Å². The van der Waals surface area contributed by atoms with Gasteiger partial charge in [-0.1, -0.05) is 12.1 Å². The van der Waals surface area contributed by atoms with Gasteiger partial charge in [0.25, 0.3) is 11.6 Å². The second-order valence-electron chi connectivity index (χ2n) is 5.66. The van der Waals surface area contributed by atoms with Gasteiger partial charge in [-0.3, -0.25) is 14.9 Å². The van der Waals surface area contributed by atoms with E-state index in [1.165, 1.54) is 36.3 Å². The summed E-state index contributed by atoms with van der Waals surface area (Å²) in [4.78, 5) is 25.2. The highest BCUT2D eigenvalue weighted by Crippen LogP contribution is 2.35. The van der Waals surface area contributed by atoms with Crippen molar-refractivity contribution in [2.45, 2.75) is 20.4 Å². The summed E-state index contributed by atoms with van der Waals surface area (Å²) in [6, 6.07) is 8.36. The normalized spacial score (nSPS) is 10.4. The number of nitro benzene ring substituents is 1. The fourth-order valence-corrected chi connectivity index (χ4v) is 2.65. The molecule has 0 aromatic heterocycles. The molecule has 0 saturated carbocycles. The standard InChI is InChI=1S/C19H21FN2O5/c1-4-21(12-13-7-6-8-14(20)9-13)19(23)15-10-18(27-5-2)17(26-3)11-16(15)22(24)25/h6-11H,4-5,12H2,1-3H3. The first-order valence-electron chi connectivity index (χ1n) is 8.44.